The lowest BCUT2D eigenvalue weighted by atomic mass is 10.0. The van der Waals surface area contributed by atoms with E-state index in [1.54, 1.807) is 7.11 Å². The number of aromatic nitrogens is 1. The smallest absolute Gasteiger partial charge is 0.223 e. The first-order valence-corrected chi connectivity index (χ1v) is 9.19. The Hall–Kier alpha value is -1.78. The van der Waals surface area contributed by atoms with E-state index in [0.29, 0.717) is 25.3 Å². The third kappa shape index (κ3) is 4.65. The van der Waals surface area contributed by atoms with Crippen molar-refractivity contribution in [3.63, 3.8) is 0 Å². The first-order valence-electron chi connectivity index (χ1n) is 8.81. The number of fused-ring (bicyclic) bond motifs is 1. The van der Waals surface area contributed by atoms with Crippen LogP contribution in [0.3, 0.4) is 0 Å². The van der Waals surface area contributed by atoms with Crippen LogP contribution < -0.4 is 0 Å². The van der Waals surface area contributed by atoms with Crippen molar-refractivity contribution in [2.45, 2.75) is 32.4 Å². The molecule has 5 heteroatoms. The SMILES string of the molecule is COCCC1CN(C(=O)CCc2ccccc2Cl)Cc2cccn2C1. The summed E-state index contributed by atoms with van der Waals surface area (Å²) in [6.45, 7) is 3.13. The van der Waals surface area contributed by atoms with Crippen molar-refractivity contribution < 1.29 is 9.53 Å². The van der Waals surface area contributed by atoms with E-state index in [9.17, 15) is 4.79 Å². The molecular formula is C20H25ClN2O2. The molecule has 1 atom stereocenters. The van der Waals surface area contributed by atoms with Crippen molar-refractivity contribution in [1.82, 2.24) is 9.47 Å². The van der Waals surface area contributed by atoms with E-state index in [1.807, 2.05) is 29.2 Å². The van der Waals surface area contributed by atoms with Crippen LogP contribution in [-0.2, 0) is 29.0 Å². The normalized spacial score (nSPS) is 17.2. The van der Waals surface area contributed by atoms with Gasteiger partial charge in [-0.25, -0.2) is 0 Å². The fourth-order valence-corrected chi connectivity index (χ4v) is 3.67. The standard InChI is InChI=1S/C20H25ClN2O2/c1-25-12-10-16-13-22-11-4-6-18(22)15-23(14-16)20(24)9-8-17-5-2-3-7-19(17)21/h2-7,11,16H,8-10,12-15H2,1H3. The highest BCUT2D eigenvalue weighted by atomic mass is 35.5. The van der Waals surface area contributed by atoms with Crippen molar-refractivity contribution in [3.8, 4) is 0 Å². The molecule has 1 aliphatic heterocycles. The van der Waals surface area contributed by atoms with Gasteiger partial charge in [0, 0.05) is 50.1 Å². The molecule has 0 bridgehead atoms. The number of nitrogens with zero attached hydrogens (tertiary/aromatic N) is 2. The van der Waals surface area contributed by atoms with E-state index in [4.69, 9.17) is 16.3 Å². The number of halogens is 1. The second-order valence-corrected chi connectivity index (χ2v) is 7.07. The minimum Gasteiger partial charge on any atom is -0.385 e. The summed E-state index contributed by atoms with van der Waals surface area (Å²) in [5.74, 6) is 0.606. The Morgan fingerprint density at radius 1 is 1.24 bits per heavy atom. The quantitative estimate of drug-likeness (QED) is 0.785. The van der Waals surface area contributed by atoms with Crippen LogP contribution in [0.1, 0.15) is 24.1 Å². The molecule has 0 N–H and O–H groups in total. The Kier molecular flexibility index (Phi) is 6.16. The third-order valence-corrected chi connectivity index (χ3v) is 5.23. The van der Waals surface area contributed by atoms with Crippen molar-refractivity contribution in [3.05, 3.63) is 58.9 Å². The molecule has 0 aliphatic carbocycles. The van der Waals surface area contributed by atoms with Gasteiger partial charge in [0.25, 0.3) is 0 Å². The lowest BCUT2D eigenvalue weighted by Gasteiger charge is -2.24. The maximum absolute atomic E-state index is 12.8. The fraction of sp³-hybridized carbons (Fsp3) is 0.450. The molecule has 134 valence electrons. The monoisotopic (exact) mass is 360 g/mol. The molecule has 1 aromatic heterocycles. The number of carbonyl (C=O) groups excluding carboxylic acids is 1. The second kappa shape index (κ2) is 8.54. The van der Waals surface area contributed by atoms with Crippen molar-refractivity contribution in [2.24, 2.45) is 5.92 Å². The first kappa shape index (κ1) is 18.0. The van der Waals surface area contributed by atoms with Gasteiger partial charge in [0.05, 0.1) is 6.54 Å². The number of hydrogen-bond acceptors (Lipinski definition) is 2. The molecule has 25 heavy (non-hydrogen) atoms. The predicted octanol–water partition coefficient (Wildman–Crippen LogP) is 3.77. The molecule has 1 amide bonds. The zero-order valence-corrected chi connectivity index (χ0v) is 15.4. The molecule has 0 saturated carbocycles. The van der Waals surface area contributed by atoms with Gasteiger partial charge in [-0.3, -0.25) is 4.79 Å². The number of hydrogen-bond donors (Lipinski definition) is 0. The van der Waals surface area contributed by atoms with Crippen molar-refractivity contribution in [2.75, 3.05) is 20.3 Å². The van der Waals surface area contributed by atoms with E-state index in [1.165, 1.54) is 5.69 Å². The molecule has 1 aromatic carbocycles. The molecule has 0 radical (unpaired) electrons. The zero-order valence-electron chi connectivity index (χ0n) is 14.7. The maximum atomic E-state index is 12.8. The molecule has 3 rings (SSSR count). The van der Waals surface area contributed by atoms with Crippen LogP contribution in [0.4, 0.5) is 0 Å². The van der Waals surface area contributed by atoms with Crippen LogP contribution in [0.2, 0.25) is 5.02 Å². The Labute approximate surface area is 154 Å². The largest absolute Gasteiger partial charge is 0.385 e. The highest BCUT2D eigenvalue weighted by Gasteiger charge is 2.24. The van der Waals surface area contributed by atoms with Crippen molar-refractivity contribution >= 4 is 17.5 Å². The molecule has 0 fully saturated rings. The number of methoxy groups -OCH3 is 1. The van der Waals surface area contributed by atoms with Gasteiger partial charge in [-0.2, -0.15) is 0 Å². The molecule has 1 aliphatic rings. The van der Waals surface area contributed by atoms with Gasteiger partial charge in [-0.05, 0) is 42.5 Å². The van der Waals surface area contributed by atoms with Gasteiger partial charge in [-0.15, -0.1) is 0 Å². The van der Waals surface area contributed by atoms with Crippen LogP contribution in [-0.4, -0.2) is 35.6 Å². The van der Waals surface area contributed by atoms with Gasteiger partial charge >= 0.3 is 0 Å². The van der Waals surface area contributed by atoms with Crippen LogP contribution >= 0.6 is 11.6 Å². The average molecular weight is 361 g/mol. The summed E-state index contributed by atoms with van der Waals surface area (Å²) >= 11 is 6.21. The second-order valence-electron chi connectivity index (χ2n) is 6.67. The summed E-state index contributed by atoms with van der Waals surface area (Å²) in [5.41, 5.74) is 2.23. The van der Waals surface area contributed by atoms with E-state index < -0.39 is 0 Å². The Bertz CT molecular complexity index is 713. The van der Waals surface area contributed by atoms with Crippen LogP contribution in [0.5, 0.6) is 0 Å². The van der Waals surface area contributed by atoms with Gasteiger partial charge in [-0.1, -0.05) is 29.8 Å². The summed E-state index contributed by atoms with van der Waals surface area (Å²) in [5, 5.41) is 0.734. The van der Waals surface area contributed by atoms with Gasteiger partial charge < -0.3 is 14.2 Å². The Balaban J connectivity index is 1.66. The predicted molar refractivity (Wildman–Crippen MR) is 99.6 cm³/mol. The molecule has 0 spiro atoms. The average Bonchev–Trinajstić information content (AvgIpc) is 2.97. The number of amides is 1. The Morgan fingerprint density at radius 2 is 2.08 bits per heavy atom. The first-order chi connectivity index (χ1) is 12.2. The van der Waals surface area contributed by atoms with Crippen LogP contribution in [0.15, 0.2) is 42.6 Å². The van der Waals surface area contributed by atoms with Gasteiger partial charge in [0.1, 0.15) is 0 Å². The lowest BCUT2D eigenvalue weighted by Crippen LogP contribution is -2.34. The lowest BCUT2D eigenvalue weighted by molar-refractivity contribution is -0.132. The highest BCUT2D eigenvalue weighted by molar-refractivity contribution is 6.31. The minimum atomic E-state index is 0.192. The van der Waals surface area contributed by atoms with Gasteiger partial charge in [0.15, 0.2) is 0 Å². The van der Waals surface area contributed by atoms with E-state index in [2.05, 4.69) is 22.9 Å². The molecule has 0 saturated heterocycles. The van der Waals surface area contributed by atoms with Crippen LogP contribution in [0.25, 0.3) is 0 Å². The summed E-state index contributed by atoms with van der Waals surface area (Å²) in [6.07, 6.45) is 4.23. The van der Waals surface area contributed by atoms with Crippen molar-refractivity contribution in [1.29, 1.82) is 0 Å². The minimum absolute atomic E-state index is 0.192. The summed E-state index contributed by atoms with van der Waals surface area (Å²) < 4.78 is 7.51. The summed E-state index contributed by atoms with van der Waals surface area (Å²) in [7, 11) is 1.73. The number of ether oxygens (including phenoxy) is 1. The summed E-state index contributed by atoms with van der Waals surface area (Å²) in [6, 6.07) is 11.9. The highest BCUT2D eigenvalue weighted by Crippen LogP contribution is 2.22. The molecule has 1 unspecified atom stereocenters. The summed E-state index contributed by atoms with van der Waals surface area (Å²) in [4.78, 5) is 14.8. The van der Waals surface area contributed by atoms with Gasteiger partial charge in [0.2, 0.25) is 5.91 Å². The van der Waals surface area contributed by atoms with E-state index in [-0.39, 0.29) is 5.91 Å². The fourth-order valence-electron chi connectivity index (χ4n) is 3.44. The number of rotatable bonds is 6. The topological polar surface area (TPSA) is 34.5 Å². The van der Waals surface area contributed by atoms with E-state index in [0.717, 1.165) is 36.7 Å². The number of benzene rings is 1. The molecular weight excluding hydrogens is 336 g/mol. The molecule has 4 nitrogen and oxygen atoms in total. The number of aryl methyl sites for hydroxylation is 1. The zero-order chi connectivity index (χ0) is 17.6. The number of carbonyl (C=O) groups is 1. The van der Waals surface area contributed by atoms with E-state index >= 15 is 0 Å². The molecule has 2 aromatic rings. The maximum Gasteiger partial charge on any atom is 0.223 e. The Morgan fingerprint density at radius 3 is 2.88 bits per heavy atom. The third-order valence-electron chi connectivity index (χ3n) is 4.86. The molecule has 2 heterocycles. The van der Waals surface area contributed by atoms with Crippen LogP contribution in [0, 0.1) is 5.92 Å².